The number of fused-ring (bicyclic) bond motifs is 5. The van der Waals surface area contributed by atoms with Crippen LogP contribution in [-0.2, 0) is 9.53 Å². The van der Waals surface area contributed by atoms with Crippen molar-refractivity contribution in [3.63, 3.8) is 0 Å². The molecule has 1 unspecified atom stereocenters. The van der Waals surface area contributed by atoms with E-state index in [1.54, 1.807) is 6.08 Å². The SMILES string of the molecule is CCOC(=O)C1=Cc2ncc(N3CCCN(C)CC3)nc2N2c3ccccc3NC12. The van der Waals surface area contributed by atoms with Crippen LogP contribution in [0.1, 0.15) is 19.0 Å². The lowest BCUT2D eigenvalue weighted by atomic mass is 10.1. The second-order valence-corrected chi connectivity index (χ2v) is 7.84. The molecule has 1 saturated heterocycles. The first-order chi connectivity index (χ1) is 14.7. The summed E-state index contributed by atoms with van der Waals surface area (Å²) in [4.78, 5) is 29.1. The monoisotopic (exact) mass is 406 g/mol. The molecule has 5 rings (SSSR count). The van der Waals surface area contributed by atoms with Crippen LogP contribution < -0.4 is 15.1 Å². The molecule has 3 aliphatic heterocycles. The van der Waals surface area contributed by atoms with Crippen molar-refractivity contribution in [1.82, 2.24) is 14.9 Å². The van der Waals surface area contributed by atoms with Crippen molar-refractivity contribution in [3.8, 4) is 0 Å². The summed E-state index contributed by atoms with van der Waals surface area (Å²) in [7, 11) is 2.15. The lowest BCUT2D eigenvalue weighted by molar-refractivity contribution is -0.138. The van der Waals surface area contributed by atoms with Gasteiger partial charge in [0.25, 0.3) is 0 Å². The minimum atomic E-state index is -0.353. The minimum absolute atomic E-state index is 0.330. The Morgan fingerprint density at radius 1 is 1.23 bits per heavy atom. The standard InChI is InChI=1S/C22H26N6O2/c1-3-30-22(29)15-13-17-21(28-18-8-5-4-7-16(18)24-20(15)28)25-19(14-23-17)27-10-6-9-26(2)11-12-27/h4-5,7-8,13-14,20,24H,3,6,9-12H2,1-2H3. The predicted octanol–water partition coefficient (Wildman–Crippen LogP) is 2.47. The van der Waals surface area contributed by atoms with Crippen molar-refractivity contribution >= 4 is 35.1 Å². The molecule has 2 aromatic rings. The number of hydrogen-bond donors (Lipinski definition) is 1. The molecule has 0 radical (unpaired) electrons. The van der Waals surface area contributed by atoms with Gasteiger partial charge in [0, 0.05) is 19.6 Å². The van der Waals surface area contributed by atoms with Gasteiger partial charge in [-0.15, -0.1) is 0 Å². The Morgan fingerprint density at radius 2 is 2.10 bits per heavy atom. The van der Waals surface area contributed by atoms with Crippen LogP contribution >= 0.6 is 0 Å². The van der Waals surface area contributed by atoms with Gasteiger partial charge in [0.1, 0.15) is 17.7 Å². The lowest BCUT2D eigenvalue weighted by Gasteiger charge is -2.32. The van der Waals surface area contributed by atoms with Gasteiger partial charge < -0.3 is 19.9 Å². The van der Waals surface area contributed by atoms with E-state index in [1.165, 1.54) is 0 Å². The molecule has 1 N–H and O–H groups in total. The summed E-state index contributed by atoms with van der Waals surface area (Å²) in [6, 6.07) is 8.02. The Bertz CT molecular complexity index is 1010. The number of carbonyl (C=O) groups is 1. The molecule has 156 valence electrons. The molecule has 0 spiro atoms. The van der Waals surface area contributed by atoms with Crippen LogP contribution in [0.3, 0.4) is 0 Å². The number of esters is 1. The van der Waals surface area contributed by atoms with Gasteiger partial charge in [-0.1, -0.05) is 12.1 Å². The summed E-state index contributed by atoms with van der Waals surface area (Å²) in [6.07, 6.45) is 4.37. The number of hydrogen-bond acceptors (Lipinski definition) is 8. The van der Waals surface area contributed by atoms with Crippen LogP contribution in [0, 0.1) is 0 Å². The molecule has 8 nitrogen and oxygen atoms in total. The highest BCUT2D eigenvalue weighted by Crippen LogP contribution is 2.45. The molecule has 0 saturated carbocycles. The number of carbonyl (C=O) groups excluding carboxylic acids is 1. The molecule has 0 amide bonds. The van der Waals surface area contributed by atoms with Gasteiger partial charge in [-0.3, -0.25) is 4.90 Å². The van der Waals surface area contributed by atoms with Gasteiger partial charge in [0.15, 0.2) is 5.82 Å². The topological polar surface area (TPSA) is 73.8 Å². The number of likely N-dealkylation sites (N-methyl/N-ethyl adjacent to an activating group) is 1. The highest BCUT2D eigenvalue weighted by Gasteiger charge is 2.41. The van der Waals surface area contributed by atoms with E-state index in [2.05, 4.69) is 27.1 Å². The zero-order valence-electron chi connectivity index (χ0n) is 17.3. The molecule has 1 aromatic carbocycles. The maximum atomic E-state index is 12.7. The molecular weight excluding hydrogens is 380 g/mol. The number of para-hydroxylation sites is 2. The number of rotatable bonds is 3. The third-order valence-corrected chi connectivity index (χ3v) is 5.85. The fourth-order valence-electron chi connectivity index (χ4n) is 4.31. The third kappa shape index (κ3) is 3.17. The van der Waals surface area contributed by atoms with E-state index < -0.39 is 0 Å². The van der Waals surface area contributed by atoms with Crippen molar-refractivity contribution in [3.05, 3.63) is 41.7 Å². The quantitative estimate of drug-likeness (QED) is 0.780. The molecule has 8 heteroatoms. The van der Waals surface area contributed by atoms with Gasteiger partial charge in [-0.25, -0.2) is 14.8 Å². The van der Waals surface area contributed by atoms with Crippen LogP contribution in [0.5, 0.6) is 0 Å². The number of anilines is 4. The number of nitrogens with one attached hydrogen (secondary N) is 1. The van der Waals surface area contributed by atoms with Crippen molar-refractivity contribution in [2.24, 2.45) is 0 Å². The Morgan fingerprint density at radius 3 is 2.97 bits per heavy atom. The van der Waals surface area contributed by atoms with Crippen LogP contribution in [0.25, 0.3) is 6.08 Å². The van der Waals surface area contributed by atoms with Crippen molar-refractivity contribution < 1.29 is 9.53 Å². The predicted molar refractivity (Wildman–Crippen MR) is 117 cm³/mol. The third-order valence-electron chi connectivity index (χ3n) is 5.85. The number of nitrogens with zero attached hydrogens (tertiary/aromatic N) is 5. The van der Waals surface area contributed by atoms with Gasteiger partial charge >= 0.3 is 5.97 Å². The maximum Gasteiger partial charge on any atom is 0.338 e. The van der Waals surface area contributed by atoms with E-state index in [0.29, 0.717) is 17.9 Å². The Labute approximate surface area is 176 Å². The second-order valence-electron chi connectivity index (χ2n) is 7.84. The van der Waals surface area contributed by atoms with Crippen LogP contribution in [0.15, 0.2) is 36.0 Å². The summed E-state index contributed by atoms with van der Waals surface area (Å²) >= 11 is 0. The van der Waals surface area contributed by atoms with E-state index >= 15 is 0 Å². The Balaban J connectivity index is 1.58. The fourth-order valence-corrected chi connectivity index (χ4v) is 4.31. The van der Waals surface area contributed by atoms with Crippen LogP contribution in [0.4, 0.5) is 23.0 Å². The normalized spacial score (nSPS) is 20.5. The first kappa shape index (κ1) is 18.9. The Kier molecular flexibility index (Phi) is 4.78. The zero-order valence-corrected chi connectivity index (χ0v) is 17.3. The maximum absolute atomic E-state index is 12.7. The molecule has 30 heavy (non-hydrogen) atoms. The average Bonchev–Trinajstić information content (AvgIpc) is 3.01. The molecule has 1 aromatic heterocycles. The lowest BCUT2D eigenvalue weighted by Crippen LogP contribution is -2.40. The first-order valence-corrected chi connectivity index (χ1v) is 10.5. The van der Waals surface area contributed by atoms with Crippen molar-refractivity contribution in [2.45, 2.75) is 19.5 Å². The molecule has 3 aliphatic rings. The summed E-state index contributed by atoms with van der Waals surface area (Å²) in [6.45, 7) is 6.12. The van der Waals surface area contributed by atoms with Crippen molar-refractivity contribution in [1.29, 1.82) is 0 Å². The van der Waals surface area contributed by atoms with Gasteiger partial charge in [-0.2, -0.15) is 0 Å². The van der Waals surface area contributed by atoms with Crippen LogP contribution in [-0.4, -0.2) is 66.8 Å². The molecule has 0 bridgehead atoms. The molecular formula is C22H26N6O2. The van der Waals surface area contributed by atoms with Gasteiger partial charge in [0.2, 0.25) is 0 Å². The van der Waals surface area contributed by atoms with Crippen LogP contribution in [0.2, 0.25) is 0 Å². The molecule has 1 atom stereocenters. The number of aromatic nitrogens is 2. The summed E-state index contributed by atoms with van der Waals surface area (Å²) in [5, 5.41) is 3.45. The molecule has 1 fully saturated rings. The first-order valence-electron chi connectivity index (χ1n) is 10.5. The Hall–Kier alpha value is -3.13. The van der Waals surface area contributed by atoms with E-state index in [0.717, 1.165) is 55.6 Å². The van der Waals surface area contributed by atoms with Crippen molar-refractivity contribution in [2.75, 3.05) is 55.0 Å². The largest absolute Gasteiger partial charge is 0.463 e. The van der Waals surface area contributed by atoms with E-state index in [4.69, 9.17) is 14.7 Å². The summed E-state index contributed by atoms with van der Waals surface area (Å²) < 4.78 is 5.31. The summed E-state index contributed by atoms with van der Waals surface area (Å²) in [5.41, 5.74) is 3.18. The number of ether oxygens (including phenoxy) is 1. The summed E-state index contributed by atoms with van der Waals surface area (Å²) in [5.74, 6) is 1.31. The van der Waals surface area contributed by atoms with E-state index in [1.807, 2.05) is 37.4 Å². The highest BCUT2D eigenvalue weighted by atomic mass is 16.5. The highest BCUT2D eigenvalue weighted by molar-refractivity contribution is 6.02. The zero-order chi connectivity index (χ0) is 20.7. The molecule has 0 aliphatic carbocycles. The smallest absolute Gasteiger partial charge is 0.338 e. The fraction of sp³-hybridized carbons (Fsp3) is 0.409. The van der Waals surface area contributed by atoms with E-state index in [-0.39, 0.29) is 12.1 Å². The average molecular weight is 406 g/mol. The number of benzene rings is 1. The minimum Gasteiger partial charge on any atom is -0.463 e. The van der Waals surface area contributed by atoms with E-state index in [9.17, 15) is 4.79 Å². The van der Waals surface area contributed by atoms with Gasteiger partial charge in [-0.05, 0) is 45.1 Å². The molecule has 4 heterocycles. The second kappa shape index (κ2) is 7.60. The van der Waals surface area contributed by atoms with Gasteiger partial charge in [0.05, 0.1) is 29.8 Å².